The van der Waals surface area contributed by atoms with E-state index in [1.165, 1.54) is 37.4 Å². The van der Waals surface area contributed by atoms with Crippen LogP contribution in [0.1, 0.15) is 98.1 Å². The highest BCUT2D eigenvalue weighted by atomic mass is 16.6. The molecule has 0 amide bonds. The van der Waals surface area contributed by atoms with E-state index in [1.54, 1.807) is 19.9 Å². The number of carbonyl (C=O) groups excluding carboxylic acids is 4. The van der Waals surface area contributed by atoms with Crippen molar-refractivity contribution in [2.45, 2.75) is 84.0 Å². The van der Waals surface area contributed by atoms with Gasteiger partial charge in [-0.3, -0.25) is 14.4 Å². The standard InChI is InChI=1S/C32H40O9/c1-6-32(7-2,38-5)30(36)20(3)40-22-12-14-24-26(18-22)28(34)25-15-13-23(19-27(25)29(24)35)41-21(4)31(37)39-17-11-9-8-10-16-33/h12-15,18-21,33H,6-11,16-17H2,1-5H3. The smallest absolute Gasteiger partial charge is 0.347 e. The summed E-state index contributed by atoms with van der Waals surface area (Å²) in [4.78, 5) is 52.1. The van der Waals surface area contributed by atoms with Crippen LogP contribution < -0.4 is 9.47 Å². The topological polar surface area (TPSA) is 125 Å². The number of rotatable bonds is 16. The molecule has 1 N–H and O–H groups in total. The van der Waals surface area contributed by atoms with Gasteiger partial charge in [0, 0.05) is 36.0 Å². The van der Waals surface area contributed by atoms with Gasteiger partial charge in [0.2, 0.25) is 5.78 Å². The minimum Gasteiger partial charge on any atom is -0.483 e. The predicted octanol–water partition coefficient (Wildman–Crippen LogP) is 4.87. The summed E-state index contributed by atoms with van der Waals surface area (Å²) in [6.07, 6.45) is 2.40. The Morgan fingerprint density at radius 3 is 1.78 bits per heavy atom. The van der Waals surface area contributed by atoms with Crippen LogP contribution in [0, 0.1) is 0 Å². The second kappa shape index (κ2) is 14.4. The molecule has 0 aliphatic heterocycles. The highest BCUT2D eigenvalue weighted by Gasteiger charge is 2.39. The summed E-state index contributed by atoms with van der Waals surface area (Å²) >= 11 is 0. The number of hydrogen-bond donors (Lipinski definition) is 1. The molecule has 0 fully saturated rings. The average Bonchev–Trinajstić information content (AvgIpc) is 2.98. The molecule has 0 saturated carbocycles. The average molecular weight is 569 g/mol. The van der Waals surface area contributed by atoms with Crippen LogP contribution in [0.4, 0.5) is 0 Å². The number of Topliss-reactive ketones (excluding diaryl/α,β-unsaturated/α-hetero) is 1. The van der Waals surface area contributed by atoms with Crippen molar-refractivity contribution in [1.82, 2.24) is 0 Å². The number of benzene rings is 2. The van der Waals surface area contributed by atoms with Crippen molar-refractivity contribution in [2.24, 2.45) is 0 Å². The molecule has 41 heavy (non-hydrogen) atoms. The van der Waals surface area contributed by atoms with E-state index >= 15 is 0 Å². The summed E-state index contributed by atoms with van der Waals surface area (Å²) < 4.78 is 22.4. The molecule has 0 radical (unpaired) electrons. The number of aliphatic hydroxyl groups is 1. The molecule has 1 aliphatic rings. The van der Waals surface area contributed by atoms with Crippen molar-refractivity contribution in [1.29, 1.82) is 0 Å². The molecule has 0 heterocycles. The molecular formula is C32H40O9. The molecule has 2 atom stereocenters. The molecular weight excluding hydrogens is 528 g/mol. The zero-order valence-corrected chi connectivity index (χ0v) is 24.5. The van der Waals surface area contributed by atoms with Crippen LogP contribution in [0.2, 0.25) is 0 Å². The van der Waals surface area contributed by atoms with E-state index in [2.05, 4.69) is 0 Å². The second-order valence-corrected chi connectivity index (χ2v) is 10.2. The molecule has 2 unspecified atom stereocenters. The van der Waals surface area contributed by atoms with E-state index in [1.807, 2.05) is 13.8 Å². The van der Waals surface area contributed by atoms with Crippen LogP contribution in [0.25, 0.3) is 0 Å². The maximum absolute atomic E-state index is 13.4. The molecule has 0 saturated heterocycles. The lowest BCUT2D eigenvalue weighted by Gasteiger charge is -2.31. The van der Waals surface area contributed by atoms with Crippen LogP contribution in [-0.2, 0) is 19.1 Å². The van der Waals surface area contributed by atoms with E-state index < -0.39 is 23.8 Å². The summed E-state index contributed by atoms with van der Waals surface area (Å²) in [6.45, 7) is 7.36. The molecule has 9 heteroatoms. The first-order valence-electron chi connectivity index (χ1n) is 14.2. The Balaban J connectivity index is 1.70. The van der Waals surface area contributed by atoms with Gasteiger partial charge in [0.05, 0.1) is 6.61 Å². The molecule has 3 rings (SSSR count). The number of esters is 1. The zero-order valence-electron chi connectivity index (χ0n) is 24.5. The number of unbranched alkanes of at least 4 members (excludes halogenated alkanes) is 3. The monoisotopic (exact) mass is 568 g/mol. The number of carbonyl (C=O) groups is 4. The number of ketones is 3. The van der Waals surface area contributed by atoms with Crippen molar-refractivity contribution < 1.29 is 43.2 Å². The van der Waals surface area contributed by atoms with Gasteiger partial charge in [0.15, 0.2) is 23.8 Å². The van der Waals surface area contributed by atoms with Gasteiger partial charge in [-0.05, 0) is 82.3 Å². The van der Waals surface area contributed by atoms with Crippen LogP contribution in [0.5, 0.6) is 11.5 Å². The van der Waals surface area contributed by atoms with Gasteiger partial charge in [0.25, 0.3) is 0 Å². The Bertz CT molecular complexity index is 1250. The van der Waals surface area contributed by atoms with E-state index in [0.29, 0.717) is 25.0 Å². The summed E-state index contributed by atoms with van der Waals surface area (Å²) in [5, 5.41) is 8.82. The molecule has 0 spiro atoms. The van der Waals surface area contributed by atoms with Gasteiger partial charge in [-0.15, -0.1) is 0 Å². The first-order chi connectivity index (χ1) is 19.6. The van der Waals surface area contributed by atoms with Gasteiger partial charge < -0.3 is 24.1 Å². The molecule has 0 bridgehead atoms. The fourth-order valence-electron chi connectivity index (χ4n) is 4.98. The normalized spacial score (nSPS) is 14.1. The lowest BCUT2D eigenvalue weighted by Crippen LogP contribution is -2.46. The Morgan fingerprint density at radius 2 is 1.29 bits per heavy atom. The first-order valence-corrected chi connectivity index (χ1v) is 14.2. The summed E-state index contributed by atoms with van der Waals surface area (Å²) in [5.74, 6) is -0.872. The maximum atomic E-state index is 13.4. The molecule has 0 aromatic heterocycles. The van der Waals surface area contributed by atoms with Crippen molar-refractivity contribution in [3.05, 3.63) is 58.7 Å². The summed E-state index contributed by atoms with van der Waals surface area (Å²) in [6, 6.07) is 9.07. The fraction of sp³-hybridized carbons (Fsp3) is 0.500. The lowest BCUT2D eigenvalue weighted by molar-refractivity contribution is -0.151. The SMILES string of the molecule is CCC(CC)(OC)C(=O)C(C)Oc1ccc2c(c1)C(=O)c1ccc(OC(C)C(=O)OCCCCCCO)cc1C2=O. The minimum atomic E-state index is -0.951. The van der Waals surface area contributed by atoms with Gasteiger partial charge in [0.1, 0.15) is 17.1 Å². The van der Waals surface area contributed by atoms with Gasteiger partial charge in [-0.2, -0.15) is 0 Å². The number of ether oxygens (including phenoxy) is 4. The molecule has 222 valence electrons. The van der Waals surface area contributed by atoms with Crippen LogP contribution in [0.15, 0.2) is 36.4 Å². The highest BCUT2D eigenvalue weighted by Crippen LogP contribution is 2.33. The quantitative estimate of drug-likeness (QED) is 0.190. The van der Waals surface area contributed by atoms with E-state index in [9.17, 15) is 19.2 Å². The third-order valence-corrected chi connectivity index (χ3v) is 7.57. The first kappa shape index (κ1) is 32.0. The summed E-state index contributed by atoms with van der Waals surface area (Å²) in [5.41, 5.74) is -0.157. The number of aliphatic hydroxyl groups excluding tert-OH is 1. The molecule has 1 aliphatic carbocycles. The summed E-state index contributed by atoms with van der Waals surface area (Å²) in [7, 11) is 1.50. The Kier molecular flexibility index (Phi) is 11.2. The third kappa shape index (κ3) is 7.21. The van der Waals surface area contributed by atoms with Crippen molar-refractivity contribution in [2.75, 3.05) is 20.3 Å². The number of fused-ring (bicyclic) bond motifs is 2. The molecule has 2 aromatic rings. The van der Waals surface area contributed by atoms with Crippen LogP contribution >= 0.6 is 0 Å². The van der Waals surface area contributed by atoms with Crippen molar-refractivity contribution in [3.8, 4) is 11.5 Å². The zero-order chi connectivity index (χ0) is 30.2. The third-order valence-electron chi connectivity index (χ3n) is 7.57. The highest BCUT2D eigenvalue weighted by molar-refractivity contribution is 6.28. The maximum Gasteiger partial charge on any atom is 0.347 e. The second-order valence-electron chi connectivity index (χ2n) is 10.2. The Hall–Kier alpha value is -3.56. The van der Waals surface area contributed by atoms with E-state index in [4.69, 9.17) is 24.1 Å². The Labute approximate surface area is 241 Å². The van der Waals surface area contributed by atoms with Gasteiger partial charge >= 0.3 is 5.97 Å². The predicted molar refractivity (Wildman–Crippen MR) is 152 cm³/mol. The van der Waals surface area contributed by atoms with Crippen molar-refractivity contribution >= 4 is 23.3 Å². The van der Waals surface area contributed by atoms with Gasteiger partial charge in [-0.25, -0.2) is 4.79 Å². The minimum absolute atomic E-state index is 0.149. The van der Waals surface area contributed by atoms with Crippen molar-refractivity contribution in [3.63, 3.8) is 0 Å². The van der Waals surface area contributed by atoms with E-state index in [-0.39, 0.29) is 58.6 Å². The largest absolute Gasteiger partial charge is 0.483 e. The van der Waals surface area contributed by atoms with Crippen LogP contribution in [-0.4, -0.2) is 66.6 Å². The Morgan fingerprint density at radius 1 is 0.780 bits per heavy atom. The lowest BCUT2D eigenvalue weighted by atomic mass is 9.84. The van der Waals surface area contributed by atoms with Crippen LogP contribution in [0.3, 0.4) is 0 Å². The number of hydrogen-bond acceptors (Lipinski definition) is 9. The number of methoxy groups -OCH3 is 1. The fourth-order valence-corrected chi connectivity index (χ4v) is 4.98. The van der Waals surface area contributed by atoms with E-state index in [0.717, 1.165) is 19.3 Å². The van der Waals surface area contributed by atoms with Gasteiger partial charge in [-0.1, -0.05) is 20.3 Å². The molecule has 2 aromatic carbocycles. The molecule has 9 nitrogen and oxygen atoms in total.